The summed E-state index contributed by atoms with van der Waals surface area (Å²) in [5.41, 5.74) is 0. The summed E-state index contributed by atoms with van der Waals surface area (Å²) in [6, 6.07) is 0. The van der Waals surface area contributed by atoms with Crippen LogP contribution in [0.4, 0.5) is 0 Å². The van der Waals surface area contributed by atoms with Crippen LogP contribution >= 0.6 is 24.8 Å². The van der Waals surface area contributed by atoms with E-state index in [1.165, 1.54) is 58.4 Å². The van der Waals surface area contributed by atoms with Gasteiger partial charge in [-0.15, -0.1) is 24.8 Å². The number of nitrogens with one attached hydrogen (secondary N) is 1. The molecule has 1 aliphatic heterocycles. The van der Waals surface area contributed by atoms with Crippen LogP contribution in [0.3, 0.4) is 0 Å². The number of piperidine rings is 1. The van der Waals surface area contributed by atoms with Crippen molar-refractivity contribution in [3.8, 4) is 0 Å². The van der Waals surface area contributed by atoms with Crippen molar-refractivity contribution in [1.82, 2.24) is 10.2 Å². The van der Waals surface area contributed by atoms with Crippen LogP contribution in [0.15, 0.2) is 0 Å². The second-order valence-electron chi connectivity index (χ2n) is 4.49. The van der Waals surface area contributed by atoms with Gasteiger partial charge < -0.3 is 10.2 Å². The van der Waals surface area contributed by atoms with Crippen molar-refractivity contribution >= 4 is 24.8 Å². The van der Waals surface area contributed by atoms with E-state index < -0.39 is 0 Å². The minimum Gasteiger partial charge on any atom is -0.317 e. The molecule has 0 amide bonds. The Morgan fingerprint density at radius 3 is 1.94 bits per heavy atom. The molecule has 0 bridgehead atoms. The topological polar surface area (TPSA) is 15.3 Å². The fourth-order valence-corrected chi connectivity index (χ4v) is 2.36. The smallest absolute Gasteiger partial charge is 0.00106 e. The number of nitrogens with zero attached hydrogens (tertiary/aromatic N) is 1. The molecule has 1 saturated heterocycles. The average Bonchev–Trinajstić information content (AvgIpc) is 2.20. The first-order chi connectivity index (χ1) is 6.86. The van der Waals surface area contributed by atoms with Gasteiger partial charge in [0.05, 0.1) is 0 Å². The summed E-state index contributed by atoms with van der Waals surface area (Å²) in [7, 11) is 0. The third-order valence-electron chi connectivity index (χ3n) is 3.05. The van der Waals surface area contributed by atoms with Crippen molar-refractivity contribution < 1.29 is 0 Å². The second kappa shape index (κ2) is 12.0. The standard InChI is InChI=1S/C12H26N2.2ClH/c1-3-9-14(10-4-2)11-12-5-7-13-8-6-12;;/h12-13H,3-11H2,1-2H3;2*1H. The Balaban J connectivity index is 0. The predicted octanol–water partition coefficient (Wildman–Crippen LogP) is 2.95. The van der Waals surface area contributed by atoms with Gasteiger partial charge in [0.25, 0.3) is 0 Å². The summed E-state index contributed by atoms with van der Waals surface area (Å²) in [6.45, 7) is 10.9. The lowest BCUT2D eigenvalue weighted by Gasteiger charge is -2.29. The van der Waals surface area contributed by atoms with Gasteiger partial charge in [-0.25, -0.2) is 0 Å². The molecule has 1 N–H and O–H groups in total. The molecule has 2 nitrogen and oxygen atoms in total. The Bertz CT molecular complexity index is 133. The summed E-state index contributed by atoms with van der Waals surface area (Å²) in [5, 5.41) is 3.43. The molecule has 0 spiro atoms. The van der Waals surface area contributed by atoms with Crippen molar-refractivity contribution in [3.05, 3.63) is 0 Å². The van der Waals surface area contributed by atoms with E-state index in [1.54, 1.807) is 0 Å². The van der Waals surface area contributed by atoms with Crippen molar-refractivity contribution in [3.63, 3.8) is 0 Å². The van der Waals surface area contributed by atoms with Gasteiger partial charge in [0.2, 0.25) is 0 Å². The molecule has 0 aromatic carbocycles. The van der Waals surface area contributed by atoms with Gasteiger partial charge in [-0.3, -0.25) is 0 Å². The van der Waals surface area contributed by atoms with Gasteiger partial charge in [0.15, 0.2) is 0 Å². The Kier molecular flexibility index (Phi) is 14.1. The quantitative estimate of drug-likeness (QED) is 0.799. The van der Waals surface area contributed by atoms with Crippen molar-refractivity contribution in [2.45, 2.75) is 39.5 Å². The molecule has 0 atom stereocenters. The zero-order valence-corrected chi connectivity index (χ0v) is 12.3. The number of hydrogen-bond acceptors (Lipinski definition) is 2. The predicted molar refractivity (Wildman–Crippen MR) is 77.1 cm³/mol. The van der Waals surface area contributed by atoms with Crippen LogP contribution in [0.1, 0.15) is 39.5 Å². The summed E-state index contributed by atoms with van der Waals surface area (Å²) in [6.07, 6.45) is 5.35. The zero-order chi connectivity index (χ0) is 10.2. The van der Waals surface area contributed by atoms with Crippen LogP contribution in [0.2, 0.25) is 0 Å². The van der Waals surface area contributed by atoms with Gasteiger partial charge >= 0.3 is 0 Å². The first-order valence-corrected chi connectivity index (χ1v) is 6.29. The third kappa shape index (κ3) is 7.72. The van der Waals surface area contributed by atoms with E-state index >= 15 is 0 Å². The van der Waals surface area contributed by atoms with Crippen LogP contribution < -0.4 is 5.32 Å². The minimum atomic E-state index is 0. The van der Waals surface area contributed by atoms with Gasteiger partial charge in [-0.2, -0.15) is 0 Å². The van der Waals surface area contributed by atoms with Gasteiger partial charge in [-0.05, 0) is 57.8 Å². The van der Waals surface area contributed by atoms with E-state index in [0.717, 1.165) is 5.92 Å². The van der Waals surface area contributed by atoms with E-state index in [9.17, 15) is 0 Å². The van der Waals surface area contributed by atoms with E-state index in [4.69, 9.17) is 0 Å². The largest absolute Gasteiger partial charge is 0.317 e. The van der Waals surface area contributed by atoms with Gasteiger partial charge in [-0.1, -0.05) is 13.8 Å². The number of halogens is 2. The summed E-state index contributed by atoms with van der Waals surface area (Å²) in [4.78, 5) is 2.65. The fourth-order valence-electron chi connectivity index (χ4n) is 2.36. The summed E-state index contributed by atoms with van der Waals surface area (Å²) in [5.74, 6) is 0.953. The molecule has 1 aliphatic rings. The Labute approximate surface area is 113 Å². The van der Waals surface area contributed by atoms with Gasteiger partial charge in [0, 0.05) is 6.54 Å². The normalized spacial score (nSPS) is 16.7. The molecular formula is C12H28Cl2N2. The summed E-state index contributed by atoms with van der Waals surface area (Å²) >= 11 is 0. The highest BCUT2D eigenvalue weighted by Crippen LogP contribution is 2.13. The second-order valence-corrected chi connectivity index (χ2v) is 4.49. The molecule has 0 radical (unpaired) electrons. The first-order valence-electron chi connectivity index (χ1n) is 6.29. The van der Waals surface area contributed by atoms with E-state index in [2.05, 4.69) is 24.1 Å². The lowest BCUT2D eigenvalue weighted by atomic mass is 9.97. The number of rotatable bonds is 6. The maximum absolute atomic E-state index is 3.43. The average molecular weight is 271 g/mol. The monoisotopic (exact) mass is 270 g/mol. The molecular weight excluding hydrogens is 243 g/mol. The SMILES string of the molecule is CCCN(CCC)CC1CCNCC1.Cl.Cl. The maximum Gasteiger partial charge on any atom is 0.00106 e. The van der Waals surface area contributed by atoms with Crippen LogP contribution in [-0.4, -0.2) is 37.6 Å². The molecule has 4 heteroatoms. The lowest BCUT2D eigenvalue weighted by Crippen LogP contribution is -2.36. The first kappa shape index (κ1) is 18.9. The zero-order valence-electron chi connectivity index (χ0n) is 10.7. The molecule has 1 heterocycles. The highest BCUT2D eigenvalue weighted by atomic mass is 35.5. The van der Waals surface area contributed by atoms with E-state index in [-0.39, 0.29) is 24.8 Å². The van der Waals surface area contributed by atoms with E-state index in [1.807, 2.05) is 0 Å². The third-order valence-corrected chi connectivity index (χ3v) is 3.05. The Hall–Kier alpha value is 0.500. The Morgan fingerprint density at radius 1 is 1.00 bits per heavy atom. The molecule has 0 aromatic rings. The minimum absolute atomic E-state index is 0. The van der Waals surface area contributed by atoms with Crippen molar-refractivity contribution in [2.24, 2.45) is 5.92 Å². The van der Waals surface area contributed by atoms with Crippen LogP contribution in [0.25, 0.3) is 0 Å². The highest BCUT2D eigenvalue weighted by molar-refractivity contribution is 5.85. The van der Waals surface area contributed by atoms with E-state index in [0.29, 0.717) is 0 Å². The fraction of sp³-hybridized carbons (Fsp3) is 1.00. The molecule has 0 saturated carbocycles. The Morgan fingerprint density at radius 2 is 1.50 bits per heavy atom. The molecule has 100 valence electrons. The highest BCUT2D eigenvalue weighted by Gasteiger charge is 2.15. The number of hydrogen-bond donors (Lipinski definition) is 1. The summed E-state index contributed by atoms with van der Waals surface area (Å²) < 4.78 is 0. The molecule has 1 rings (SSSR count). The van der Waals surface area contributed by atoms with Gasteiger partial charge in [0.1, 0.15) is 0 Å². The van der Waals surface area contributed by atoms with Crippen molar-refractivity contribution in [2.75, 3.05) is 32.7 Å². The van der Waals surface area contributed by atoms with Crippen LogP contribution in [0.5, 0.6) is 0 Å². The molecule has 0 aliphatic carbocycles. The lowest BCUT2D eigenvalue weighted by molar-refractivity contribution is 0.206. The van der Waals surface area contributed by atoms with Crippen LogP contribution in [0, 0.1) is 5.92 Å². The molecule has 0 aromatic heterocycles. The molecule has 16 heavy (non-hydrogen) atoms. The maximum atomic E-state index is 3.43. The van der Waals surface area contributed by atoms with Crippen molar-refractivity contribution in [1.29, 1.82) is 0 Å². The molecule has 0 unspecified atom stereocenters. The molecule has 1 fully saturated rings. The van der Waals surface area contributed by atoms with Crippen LogP contribution in [-0.2, 0) is 0 Å².